The largest absolute Gasteiger partial charge is 0.493 e. The lowest BCUT2D eigenvalue weighted by Crippen LogP contribution is -2.56. The zero-order valence-electron chi connectivity index (χ0n) is 19.2. The molecular formula is C23H31N5O5. The minimum atomic E-state index is -0.508. The first kappa shape index (κ1) is 22.0. The molecule has 178 valence electrons. The number of carbonyl (C=O) groups is 1. The number of amides is 1. The van der Waals surface area contributed by atoms with Gasteiger partial charge in [0.2, 0.25) is 5.95 Å². The monoisotopic (exact) mass is 457 g/mol. The summed E-state index contributed by atoms with van der Waals surface area (Å²) in [5, 5.41) is 0.709. The number of aromatic nitrogens is 2. The van der Waals surface area contributed by atoms with Crippen LogP contribution in [0.4, 0.5) is 11.8 Å². The first-order valence-corrected chi connectivity index (χ1v) is 11.6. The maximum atomic E-state index is 13.1. The topological polar surface area (TPSA) is 112 Å². The van der Waals surface area contributed by atoms with Crippen LogP contribution in [0.25, 0.3) is 10.9 Å². The first-order chi connectivity index (χ1) is 16.1. The van der Waals surface area contributed by atoms with Crippen molar-refractivity contribution in [2.75, 3.05) is 57.6 Å². The van der Waals surface area contributed by atoms with Crippen LogP contribution >= 0.6 is 0 Å². The Balaban J connectivity index is 1.25. The summed E-state index contributed by atoms with van der Waals surface area (Å²) in [6.45, 7) is 2.71. The van der Waals surface area contributed by atoms with E-state index in [1.807, 2.05) is 9.80 Å². The van der Waals surface area contributed by atoms with Crippen molar-refractivity contribution in [1.29, 1.82) is 0 Å². The van der Waals surface area contributed by atoms with Crippen molar-refractivity contribution >= 4 is 28.6 Å². The molecule has 2 saturated heterocycles. The lowest BCUT2D eigenvalue weighted by atomic mass is 9.93. The van der Waals surface area contributed by atoms with Gasteiger partial charge in [-0.05, 0) is 18.9 Å². The Hall–Kier alpha value is -2.85. The van der Waals surface area contributed by atoms with Crippen molar-refractivity contribution in [2.24, 2.45) is 0 Å². The Bertz CT molecular complexity index is 1030. The lowest BCUT2D eigenvalue weighted by molar-refractivity contribution is -0.201. The van der Waals surface area contributed by atoms with Gasteiger partial charge in [-0.25, -0.2) is 4.98 Å². The Morgan fingerprint density at radius 2 is 1.73 bits per heavy atom. The molecule has 0 bridgehead atoms. The summed E-state index contributed by atoms with van der Waals surface area (Å²) < 4.78 is 22.8. The second-order valence-corrected chi connectivity index (χ2v) is 8.76. The summed E-state index contributed by atoms with van der Waals surface area (Å²) in [6.07, 6.45) is 3.99. The zero-order chi connectivity index (χ0) is 22.9. The number of benzene rings is 1. The van der Waals surface area contributed by atoms with Gasteiger partial charge in [-0.1, -0.05) is 12.8 Å². The Kier molecular flexibility index (Phi) is 6.11. The number of piperazine rings is 1. The van der Waals surface area contributed by atoms with Crippen LogP contribution in [0.3, 0.4) is 0 Å². The standard InChI is InChI=1S/C23H31N5O5/c1-30-18-11-14-15(12-19(18)31-2)25-23(26-21(14)24)28-9-7-27(8-10-28)22(29)20-13-32-16-5-3-4-6-17(16)33-20/h11-12,16-17,20H,3-10,13H2,1-2H3,(H2,24,25,26)/t16-,17+,20-/m1/s1. The molecule has 1 amide bonds. The summed E-state index contributed by atoms with van der Waals surface area (Å²) >= 11 is 0. The number of nitrogens with two attached hydrogens (primary N) is 1. The quantitative estimate of drug-likeness (QED) is 0.731. The van der Waals surface area contributed by atoms with Crippen LogP contribution < -0.4 is 20.1 Å². The van der Waals surface area contributed by atoms with Gasteiger partial charge in [0.1, 0.15) is 5.82 Å². The fraction of sp³-hybridized carbons (Fsp3) is 0.609. The van der Waals surface area contributed by atoms with Crippen LogP contribution in [0.1, 0.15) is 25.7 Å². The number of hydrogen-bond donors (Lipinski definition) is 1. The first-order valence-electron chi connectivity index (χ1n) is 11.6. The normalized spacial score (nSPS) is 25.6. The smallest absolute Gasteiger partial charge is 0.254 e. The highest BCUT2D eigenvalue weighted by atomic mass is 16.6. The average molecular weight is 458 g/mol. The molecule has 10 nitrogen and oxygen atoms in total. The molecule has 10 heteroatoms. The van der Waals surface area contributed by atoms with Gasteiger partial charge in [0.05, 0.1) is 38.6 Å². The van der Waals surface area contributed by atoms with Gasteiger partial charge in [0, 0.05) is 37.6 Å². The van der Waals surface area contributed by atoms with Crippen LogP contribution in [0, 0.1) is 0 Å². The van der Waals surface area contributed by atoms with E-state index in [1.54, 1.807) is 26.4 Å². The maximum absolute atomic E-state index is 13.1. The maximum Gasteiger partial charge on any atom is 0.254 e. The highest BCUT2D eigenvalue weighted by Crippen LogP contribution is 2.34. The summed E-state index contributed by atoms with van der Waals surface area (Å²) in [4.78, 5) is 26.2. The molecule has 1 saturated carbocycles. The number of carbonyl (C=O) groups excluding carboxylic acids is 1. The van der Waals surface area contributed by atoms with E-state index in [4.69, 9.17) is 29.7 Å². The van der Waals surface area contributed by atoms with Crippen LogP contribution in [-0.2, 0) is 14.3 Å². The Morgan fingerprint density at radius 3 is 2.45 bits per heavy atom. The third-order valence-corrected chi connectivity index (χ3v) is 6.81. The number of ether oxygens (including phenoxy) is 4. The van der Waals surface area contributed by atoms with Crippen molar-refractivity contribution in [2.45, 2.75) is 44.0 Å². The van der Waals surface area contributed by atoms with Crippen molar-refractivity contribution in [1.82, 2.24) is 14.9 Å². The molecule has 5 rings (SSSR count). The SMILES string of the molecule is COc1cc2nc(N3CCN(C(=O)[C@H]4CO[C@@H]5CCCC[C@@H]5O4)CC3)nc(N)c2cc1OC. The molecule has 0 radical (unpaired) electrons. The van der Waals surface area contributed by atoms with Crippen molar-refractivity contribution in [3.63, 3.8) is 0 Å². The highest BCUT2D eigenvalue weighted by molar-refractivity contribution is 5.91. The summed E-state index contributed by atoms with van der Waals surface area (Å²) in [7, 11) is 3.16. The van der Waals surface area contributed by atoms with E-state index in [0.717, 1.165) is 19.3 Å². The van der Waals surface area contributed by atoms with Gasteiger partial charge >= 0.3 is 0 Å². The molecule has 2 aliphatic heterocycles. The second kappa shape index (κ2) is 9.18. The van der Waals surface area contributed by atoms with Crippen molar-refractivity contribution in [3.8, 4) is 11.5 Å². The number of rotatable bonds is 4. The average Bonchev–Trinajstić information content (AvgIpc) is 2.87. The van der Waals surface area contributed by atoms with Gasteiger partial charge in [0.25, 0.3) is 5.91 Å². The highest BCUT2D eigenvalue weighted by Gasteiger charge is 2.39. The molecule has 0 spiro atoms. The van der Waals surface area contributed by atoms with E-state index >= 15 is 0 Å². The summed E-state index contributed by atoms with van der Waals surface area (Å²) in [5.74, 6) is 2.09. The van der Waals surface area contributed by atoms with Gasteiger partial charge in [0.15, 0.2) is 17.6 Å². The predicted octanol–water partition coefficient (Wildman–Crippen LogP) is 1.60. The molecule has 1 aromatic heterocycles. The molecule has 3 atom stereocenters. The molecule has 0 unspecified atom stereocenters. The third-order valence-electron chi connectivity index (χ3n) is 6.81. The fourth-order valence-corrected chi connectivity index (χ4v) is 4.94. The van der Waals surface area contributed by atoms with Gasteiger partial charge in [-0.15, -0.1) is 0 Å². The van der Waals surface area contributed by atoms with E-state index in [-0.39, 0.29) is 18.1 Å². The molecule has 3 fully saturated rings. The molecule has 2 aromatic rings. The molecule has 1 aromatic carbocycles. The second-order valence-electron chi connectivity index (χ2n) is 8.76. The Morgan fingerprint density at radius 1 is 1.03 bits per heavy atom. The fourth-order valence-electron chi connectivity index (χ4n) is 4.94. The third kappa shape index (κ3) is 4.24. The number of fused-ring (bicyclic) bond motifs is 2. The van der Waals surface area contributed by atoms with E-state index in [9.17, 15) is 4.79 Å². The number of methoxy groups -OCH3 is 2. The van der Waals surface area contributed by atoms with E-state index in [0.29, 0.717) is 67.0 Å². The van der Waals surface area contributed by atoms with Gasteiger partial charge < -0.3 is 34.5 Å². The molecule has 3 aliphatic rings. The van der Waals surface area contributed by atoms with Crippen molar-refractivity contribution in [3.05, 3.63) is 12.1 Å². The van der Waals surface area contributed by atoms with E-state index in [1.165, 1.54) is 6.42 Å². The molecule has 33 heavy (non-hydrogen) atoms. The van der Waals surface area contributed by atoms with E-state index in [2.05, 4.69) is 4.98 Å². The number of anilines is 2. The summed E-state index contributed by atoms with van der Waals surface area (Å²) in [6, 6.07) is 3.58. The zero-order valence-corrected chi connectivity index (χ0v) is 19.2. The van der Waals surface area contributed by atoms with Crippen LogP contribution in [0.2, 0.25) is 0 Å². The van der Waals surface area contributed by atoms with Crippen LogP contribution in [0.5, 0.6) is 11.5 Å². The number of nitrogens with zero attached hydrogens (tertiary/aromatic N) is 4. The minimum Gasteiger partial charge on any atom is -0.493 e. The predicted molar refractivity (Wildman–Crippen MR) is 123 cm³/mol. The molecule has 1 aliphatic carbocycles. The Labute approximate surface area is 192 Å². The van der Waals surface area contributed by atoms with Gasteiger partial charge in [-0.2, -0.15) is 4.98 Å². The van der Waals surface area contributed by atoms with E-state index < -0.39 is 6.10 Å². The molecule has 2 N–H and O–H groups in total. The minimum absolute atomic E-state index is 0.00875. The summed E-state index contributed by atoms with van der Waals surface area (Å²) in [5.41, 5.74) is 6.92. The van der Waals surface area contributed by atoms with Crippen LogP contribution in [0.15, 0.2) is 12.1 Å². The number of nitrogen functional groups attached to an aromatic ring is 1. The molecule has 3 heterocycles. The van der Waals surface area contributed by atoms with Crippen molar-refractivity contribution < 1.29 is 23.7 Å². The molecular weight excluding hydrogens is 426 g/mol. The number of hydrogen-bond acceptors (Lipinski definition) is 9. The lowest BCUT2D eigenvalue weighted by Gasteiger charge is -2.41. The van der Waals surface area contributed by atoms with Gasteiger partial charge in [-0.3, -0.25) is 4.79 Å². The van der Waals surface area contributed by atoms with Crippen LogP contribution in [-0.4, -0.2) is 86.1 Å².